The molecule has 8 nitrogen and oxygen atoms in total. The second-order valence-corrected chi connectivity index (χ2v) is 9.68. The Hall–Kier alpha value is -4.01. The number of aryl methyl sites for hydroxylation is 1. The average Bonchev–Trinajstić information content (AvgIpc) is 3.44. The molecule has 0 saturated carbocycles. The number of aliphatic imine (C=N–C) groups is 1. The van der Waals surface area contributed by atoms with Crippen molar-refractivity contribution in [3.8, 4) is 0 Å². The predicted molar refractivity (Wildman–Crippen MR) is 151 cm³/mol. The molecule has 0 spiro atoms. The molecule has 2 aliphatic heterocycles. The number of alkyl halides is 1. The molecule has 2 aliphatic rings. The van der Waals surface area contributed by atoms with E-state index in [-0.39, 0.29) is 11.9 Å². The van der Waals surface area contributed by atoms with Gasteiger partial charge in [-0.05, 0) is 54.2 Å². The first kappa shape index (κ1) is 25.6. The van der Waals surface area contributed by atoms with E-state index in [9.17, 15) is 9.18 Å². The minimum atomic E-state index is -0.508. The highest BCUT2D eigenvalue weighted by Gasteiger charge is 2.26. The lowest BCUT2D eigenvalue weighted by molar-refractivity contribution is -0.130. The summed E-state index contributed by atoms with van der Waals surface area (Å²) in [4.78, 5) is 23.4. The van der Waals surface area contributed by atoms with Crippen molar-refractivity contribution in [2.75, 3.05) is 18.8 Å². The topological polar surface area (TPSA) is 93.8 Å². The number of carbonyl (C=O) groups excluding carboxylic acids is 1. The van der Waals surface area contributed by atoms with Crippen molar-refractivity contribution < 1.29 is 9.18 Å². The van der Waals surface area contributed by atoms with E-state index < -0.39 is 6.67 Å². The van der Waals surface area contributed by atoms with Gasteiger partial charge in [0, 0.05) is 49.6 Å². The zero-order valence-corrected chi connectivity index (χ0v) is 22.4. The summed E-state index contributed by atoms with van der Waals surface area (Å²) in [6, 6.07) is 5.85. The van der Waals surface area contributed by atoms with E-state index in [0.29, 0.717) is 23.6 Å². The number of amides is 1. The zero-order chi connectivity index (χ0) is 27.0. The van der Waals surface area contributed by atoms with Gasteiger partial charge in [-0.25, -0.2) is 9.37 Å². The molecule has 3 aromatic heterocycles. The molecule has 0 bridgehead atoms. The Morgan fingerprint density at radius 1 is 1.18 bits per heavy atom. The number of rotatable bonds is 3. The molecule has 198 valence electrons. The second-order valence-electron chi connectivity index (χ2n) is 9.68. The number of piperidine rings is 1. The molecule has 0 radical (unpaired) electrons. The Morgan fingerprint density at radius 3 is 2.66 bits per heavy atom. The van der Waals surface area contributed by atoms with Gasteiger partial charge >= 0.3 is 0 Å². The zero-order valence-electron chi connectivity index (χ0n) is 22.4. The molecular formula is C29H34FN7O. The van der Waals surface area contributed by atoms with E-state index in [1.54, 1.807) is 23.7 Å². The van der Waals surface area contributed by atoms with E-state index >= 15 is 0 Å². The highest BCUT2D eigenvalue weighted by Crippen LogP contribution is 2.34. The molecule has 0 unspecified atom stereocenters. The number of hydrogen-bond donors (Lipinski definition) is 1. The maximum absolute atomic E-state index is 13.3. The average molecular weight is 516 g/mol. The first-order valence-corrected chi connectivity index (χ1v) is 13.2. The fourth-order valence-corrected chi connectivity index (χ4v) is 5.44. The quantitative estimate of drug-likeness (QED) is 0.396. The maximum atomic E-state index is 13.3. The third-order valence-electron chi connectivity index (χ3n) is 7.42. The first-order chi connectivity index (χ1) is 18.4. The second kappa shape index (κ2) is 10.4. The van der Waals surface area contributed by atoms with E-state index in [0.717, 1.165) is 64.8 Å². The molecule has 5 heterocycles. The lowest BCUT2D eigenvalue weighted by atomic mass is 10.0. The highest BCUT2D eigenvalue weighted by atomic mass is 19.1. The molecular weight excluding hydrogens is 481 g/mol. The van der Waals surface area contributed by atoms with Crippen molar-refractivity contribution in [1.29, 1.82) is 0 Å². The van der Waals surface area contributed by atoms with Crippen LogP contribution in [0.1, 0.15) is 67.5 Å². The van der Waals surface area contributed by atoms with Gasteiger partial charge in [0.2, 0.25) is 5.91 Å². The fraction of sp³-hybridized carbons (Fsp3) is 0.379. The van der Waals surface area contributed by atoms with Gasteiger partial charge in [0.25, 0.3) is 0 Å². The van der Waals surface area contributed by atoms with Gasteiger partial charge in [-0.1, -0.05) is 26.0 Å². The number of nitrogens with zero attached hydrogens (tertiary/aromatic N) is 6. The van der Waals surface area contributed by atoms with Crippen LogP contribution in [0.3, 0.4) is 0 Å². The summed E-state index contributed by atoms with van der Waals surface area (Å²) in [5.41, 5.74) is 13.5. The van der Waals surface area contributed by atoms with Crippen molar-refractivity contribution in [2.45, 2.75) is 59.8 Å². The van der Waals surface area contributed by atoms with Crippen molar-refractivity contribution in [3.63, 3.8) is 0 Å². The lowest BCUT2D eigenvalue weighted by Gasteiger charge is -2.32. The summed E-state index contributed by atoms with van der Waals surface area (Å²) < 4.78 is 17.2. The number of halogens is 1. The van der Waals surface area contributed by atoms with Crippen LogP contribution in [-0.2, 0) is 18.0 Å². The van der Waals surface area contributed by atoms with E-state index in [2.05, 4.69) is 20.9 Å². The predicted octanol–water partition coefficient (Wildman–Crippen LogP) is 5.38. The maximum Gasteiger partial charge on any atom is 0.219 e. The summed E-state index contributed by atoms with van der Waals surface area (Å²) in [6.07, 6.45) is 9.47. The van der Waals surface area contributed by atoms with Crippen LogP contribution in [0.25, 0.3) is 28.3 Å². The van der Waals surface area contributed by atoms with Crippen LogP contribution in [-0.4, -0.2) is 49.3 Å². The Balaban J connectivity index is 0.00000144. The number of nitrogens with two attached hydrogens (primary N) is 1. The van der Waals surface area contributed by atoms with Gasteiger partial charge in [0.15, 0.2) is 5.65 Å². The number of fused-ring (bicyclic) bond motifs is 3. The lowest BCUT2D eigenvalue weighted by Crippen LogP contribution is -2.37. The van der Waals surface area contributed by atoms with Crippen LogP contribution in [0.4, 0.5) is 10.2 Å². The summed E-state index contributed by atoms with van der Waals surface area (Å²) in [5.74, 6) is 0.665. The summed E-state index contributed by atoms with van der Waals surface area (Å²) in [6.45, 7) is 9.15. The summed E-state index contributed by atoms with van der Waals surface area (Å²) >= 11 is 0. The molecule has 9 heteroatoms. The highest BCUT2D eigenvalue weighted by molar-refractivity contribution is 6.18. The minimum Gasteiger partial charge on any atom is -0.383 e. The van der Waals surface area contributed by atoms with Crippen LogP contribution < -0.4 is 5.73 Å². The summed E-state index contributed by atoms with van der Waals surface area (Å²) in [5, 5.41) is 5.47. The Kier molecular flexibility index (Phi) is 7.01. The molecule has 4 aromatic rings. The summed E-state index contributed by atoms with van der Waals surface area (Å²) in [7, 11) is 0. The largest absolute Gasteiger partial charge is 0.383 e. The monoisotopic (exact) mass is 515 g/mol. The SMILES string of the molecule is CC.CC(=O)N1CCC(n2cc(C)c3c(N)n4ncc(C5=Cc6cc(CF)ccc6CN=C5)c4nc32)CC1. The molecule has 0 atom stereocenters. The molecule has 38 heavy (non-hydrogen) atoms. The number of allylic oxidation sites excluding steroid dienone is 1. The molecule has 6 rings (SSSR count). The fourth-order valence-electron chi connectivity index (χ4n) is 5.44. The van der Waals surface area contributed by atoms with Crippen molar-refractivity contribution in [1.82, 2.24) is 24.1 Å². The van der Waals surface area contributed by atoms with Crippen LogP contribution in [0.5, 0.6) is 0 Å². The van der Waals surface area contributed by atoms with Crippen LogP contribution in [0, 0.1) is 6.92 Å². The number of aromatic nitrogens is 4. The third kappa shape index (κ3) is 4.36. The van der Waals surface area contributed by atoms with Crippen molar-refractivity contribution >= 4 is 46.3 Å². The molecule has 1 fully saturated rings. The Bertz CT molecular complexity index is 1570. The number of benzene rings is 1. The van der Waals surface area contributed by atoms with Gasteiger partial charge in [-0.2, -0.15) is 9.61 Å². The standard InChI is InChI=1S/C27H28FN7O.C2H6/c1-16-15-34(22-5-7-33(8-6-22)17(2)36)27-24(16)25(29)35-26(32-27)23(14-31-35)21-10-20-9-18(11-28)3-4-19(20)12-30-13-21;1-2/h3-4,9-10,13-15,22H,5-8,11-12,29H2,1-2H3;1-2H3. The normalized spacial score (nSPS) is 15.7. The van der Waals surface area contributed by atoms with Gasteiger partial charge in [-0.3, -0.25) is 9.79 Å². The Morgan fingerprint density at radius 2 is 1.95 bits per heavy atom. The van der Waals surface area contributed by atoms with Gasteiger partial charge in [0.1, 0.15) is 18.1 Å². The van der Waals surface area contributed by atoms with Crippen LogP contribution in [0.2, 0.25) is 0 Å². The number of carbonyl (C=O) groups is 1. The Labute approximate surface area is 221 Å². The smallest absolute Gasteiger partial charge is 0.219 e. The van der Waals surface area contributed by atoms with E-state index in [1.165, 1.54) is 0 Å². The molecule has 2 N–H and O–H groups in total. The molecule has 1 saturated heterocycles. The molecule has 0 aliphatic carbocycles. The van der Waals surface area contributed by atoms with Gasteiger partial charge in [-0.15, -0.1) is 0 Å². The number of nitrogen functional groups attached to an aromatic ring is 1. The molecule has 1 amide bonds. The van der Waals surface area contributed by atoms with E-state index in [1.807, 2.05) is 50.1 Å². The van der Waals surface area contributed by atoms with Crippen molar-refractivity contribution in [3.05, 3.63) is 58.4 Å². The number of anilines is 1. The third-order valence-corrected chi connectivity index (χ3v) is 7.42. The number of likely N-dealkylation sites (tertiary alicyclic amines) is 1. The minimum absolute atomic E-state index is 0.119. The van der Waals surface area contributed by atoms with Crippen LogP contribution in [0.15, 0.2) is 35.6 Å². The first-order valence-electron chi connectivity index (χ1n) is 13.2. The number of hydrogen-bond acceptors (Lipinski definition) is 5. The van der Waals surface area contributed by atoms with Gasteiger partial charge in [0.05, 0.1) is 18.1 Å². The van der Waals surface area contributed by atoms with Crippen molar-refractivity contribution in [2.24, 2.45) is 4.99 Å². The van der Waals surface area contributed by atoms with Crippen LogP contribution >= 0.6 is 0 Å². The molecule has 1 aromatic carbocycles. The van der Waals surface area contributed by atoms with E-state index in [4.69, 9.17) is 10.7 Å². The van der Waals surface area contributed by atoms with Gasteiger partial charge < -0.3 is 15.2 Å².